The Labute approximate surface area is 156 Å². The molecule has 0 bridgehead atoms. The van der Waals surface area contributed by atoms with Crippen LogP contribution in [0, 0.1) is 0 Å². The quantitative estimate of drug-likeness (QED) is 0.563. The van der Waals surface area contributed by atoms with E-state index in [-0.39, 0.29) is 36.1 Å². The summed E-state index contributed by atoms with van der Waals surface area (Å²) >= 11 is 0. The maximum atomic E-state index is 12.8. The van der Waals surface area contributed by atoms with Crippen molar-refractivity contribution in [3.63, 3.8) is 0 Å². The van der Waals surface area contributed by atoms with Crippen molar-refractivity contribution in [1.82, 2.24) is 9.88 Å². The Morgan fingerprint density at radius 2 is 1.88 bits per heavy atom. The van der Waals surface area contributed by atoms with E-state index in [2.05, 4.69) is 39.2 Å². The lowest BCUT2D eigenvalue weighted by molar-refractivity contribution is -0.147. The topological polar surface area (TPSA) is 78.9 Å². The Bertz CT molecular complexity index is 643. The minimum atomic E-state index is -2.06. The molecule has 1 aromatic carbocycles. The van der Waals surface area contributed by atoms with Crippen molar-refractivity contribution in [3.8, 4) is 5.75 Å². The molecule has 1 saturated heterocycles. The maximum absolute atomic E-state index is 12.8. The van der Waals surface area contributed by atoms with Gasteiger partial charge in [-0.2, -0.15) is 0 Å². The predicted molar refractivity (Wildman–Crippen MR) is 103 cm³/mol. The first kappa shape index (κ1) is 20.4. The fourth-order valence-electron chi connectivity index (χ4n) is 3.06. The molecule has 144 valence electrons. The van der Waals surface area contributed by atoms with Gasteiger partial charge in [-0.15, -0.1) is 0 Å². The fraction of sp³-hybridized carbons (Fsp3) is 0.579. The van der Waals surface area contributed by atoms with E-state index in [0.29, 0.717) is 12.2 Å². The molecule has 1 aromatic rings. The maximum Gasteiger partial charge on any atom is 0.258 e. The molecule has 2 amide bonds. The van der Waals surface area contributed by atoms with Gasteiger partial charge in [0.1, 0.15) is 11.8 Å². The molecule has 0 aromatic heterocycles. The van der Waals surface area contributed by atoms with Crippen LogP contribution < -0.4 is 10.1 Å². The van der Waals surface area contributed by atoms with E-state index in [4.69, 9.17) is 4.74 Å². The molecule has 0 aliphatic carbocycles. The number of β-lactam (4-membered cyclic amide) rings is 1. The largest absolute Gasteiger partial charge is 0.484 e. The molecule has 26 heavy (non-hydrogen) atoms. The first-order valence-electron chi connectivity index (χ1n) is 9.01. The average Bonchev–Trinajstić information content (AvgIpc) is 2.57. The first-order valence-corrected chi connectivity index (χ1v) is 12.0. The Balaban J connectivity index is 2.00. The van der Waals surface area contributed by atoms with Gasteiger partial charge in [-0.25, -0.2) is 0 Å². The van der Waals surface area contributed by atoms with Gasteiger partial charge in [-0.05, 0) is 23.6 Å². The second kappa shape index (κ2) is 7.80. The number of rotatable bonds is 7. The molecular weight excluding hydrogens is 348 g/mol. The first-order chi connectivity index (χ1) is 12.1. The standard InChI is InChI=1S/C19H30N2O4Si/c1-19(2,3)26(4,5)21-15(11-12-22)17(18(21)24)20-16(23)13-25-14-9-7-6-8-10-14/h6-10,15,17,22H,11-13H2,1-5H3,(H,20,23)/t15-,17+/m1/s1. The van der Waals surface area contributed by atoms with Crippen molar-refractivity contribution in [2.24, 2.45) is 0 Å². The van der Waals surface area contributed by atoms with Gasteiger partial charge in [0.2, 0.25) is 5.91 Å². The van der Waals surface area contributed by atoms with E-state index in [1.807, 2.05) is 22.8 Å². The summed E-state index contributed by atoms with van der Waals surface area (Å²) in [5, 5.41) is 12.2. The van der Waals surface area contributed by atoms with Crippen LogP contribution in [0.4, 0.5) is 0 Å². The predicted octanol–water partition coefficient (Wildman–Crippen LogP) is 2.15. The van der Waals surface area contributed by atoms with Crippen molar-refractivity contribution in [2.45, 2.75) is 57.4 Å². The van der Waals surface area contributed by atoms with Gasteiger partial charge in [-0.1, -0.05) is 52.1 Å². The molecule has 0 spiro atoms. The summed E-state index contributed by atoms with van der Waals surface area (Å²) in [5.41, 5.74) is 0. The summed E-state index contributed by atoms with van der Waals surface area (Å²) in [5.74, 6) is 0.227. The van der Waals surface area contributed by atoms with E-state index in [9.17, 15) is 14.7 Å². The molecule has 6 nitrogen and oxygen atoms in total. The van der Waals surface area contributed by atoms with Crippen molar-refractivity contribution in [3.05, 3.63) is 30.3 Å². The van der Waals surface area contributed by atoms with E-state index < -0.39 is 14.3 Å². The van der Waals surface area contributed by atoms with Gasteiger partial charge < -0.3 is 19.7 Å². The van der Waals surface area contributed by atoms with Crippen LogP contribution in [0.25, 0.3) is 0 Å². The van der Waals surface area contributed by atoms with Gasteiger partial charge in [0.05, 0.1) is 6.04 Å². The Hall–Kier alpha value is -1.86. The molecule has 1 aliphatic heterocycles. The molecular formula is C19H30N2O4Si. The highest BCUT2D eigenvalue weighted by Crippen LogP contribution is 2.43. The summed E-state index contributed by atoms with van der Waals surface area (Å²) in [6.07, 6.45) is 0.461. The second-order valence-corrected chi connectivity index (χ2v) is 13.3. The number of nitrogens with one attached hydrogen (secondary N) is 1. The number of aliphatic hydroxyl groups is 1. The highest BCUT2D eigenvalue weighted by molar-refractivity contribution is 6.80. The van der Waals surface area contributed by atoms with Gasteiger partial charge in [0.15, 0.2) is 14.8 Å². The molecule has 7 heteroatoms. The summed E-state index contributed by atoms with van der Waals surface area (Å²) in [6.45, 7) is 10.6. The highest BCUT2D eigenvalue weighted by Gasteiger charge is 2.57. The monoisotopic (exact) mass is 378 g/mol. The van der Waals surface area contributed by atoms with Crippen LogP contribution in [0.15, 0.2) is 30.3 Å². The lowest BCUT2D eigenvalue weighted by atomic mass is 9.96. The molecule has 2 rings (SSSR count). The van der Waals surface area contributed by atoms with E-state index >= 15 is 0 Å². The Morgan fingerprint density at radius 1 is 1.27 bits per heavy atom. The zero-order valence-electron chi connectivity index (χ0n) is 16.3. The molecule has 0 unspecified atom stereocenters. The van der Waals surface area contributed by atoms with Crippen molar-refractivity contribution < 1.29 is 19.4 Å². The second-order valence-electron chi connectivity index (χ2n) is 8.24. The van der Waals surface area contributed by atoms with E-state index in [1.165, 1.54) is 0 Å². The van der Waals surface area contributed by atoms with Gasteiger partial charge in [-0.3, -0.25) is 9.59 Å². The highest BCUT2D eigenvalue weighted by atomic mass is 28.3. The average molecular weight is 379 g/mol. The summed E-state index contributed by atoms with van der Waals surface area (Å²) in [7, 11) is -2.06. The Kier molecular flexibility index (Phi) is 6.13. The summed E-state index contributed by atoms with van der Waals surface area (Å²) in [6, 6.07) is 8.34. The van der Waals surface area contributed by atoms with Crippen LogP contribution in [0.2, 0.25) is 18.1 Å². The number of carbonyl (C=O) groups is 2. The molecule has 1 heterocycles. The van der Waals surface area contributed by atoms with E-state index in [0.717, 1.165) is 0 Å². The zero-order chi connectivity index (χ0) is 19.5. The minimum Gasteiger partial charge on any atom is -0.484 e. The lowest BCUT2D eigenvalue weighted by Crippen LogP contribution is -2.78. The Morgan fingerprint density at radius 3 is 2.42 bits per heavy atom. The number of carbonyl (C=O) groups excluding carboxylic acids is 2. The zero-order valence-corrected chi connectivity index (χ0v) is 17.3. The number of ether oxygens (including phenoxy) is 1. The molecule has 1 fully saturated rings. The third-order valence-electron chi connectivity index (χ3n) is 5.51. The third kappa shape index (κ3) is 4.10. The number of hydrogen-bond donors (Lipinski definition) is 2. The van der Waals surface area contributed by atoms with Crippen LogP contribution in [-0.4, -0.2) is 55.0 Å². The van der Waals surface area contributed by atoms with Gasteiger partial charge in [0, 0.05) is 6.61 Å². The van der Waals surface area contributed by atoms with Crippen LogP contribution in [0.5, 0.6) is 5.75 Å². The van der Waals surface area contributed by atoms with Crippen molar-refractivity contribution in [2.75, 3.05) is 13.2 Å². The smallest absolute Gasteiger partial charge is 0.258 e. The number of benzene rings is 1. The third-order valence-corrected chi connectivity index (χ3v) is 10.9. The normalized spacial score (nSPS) is 20.5. The fourth-order valence-corrected chi connectivity index (χ4v) is 5.58. The number of amides is 2. The summed E-state index contributed by atoms with van der Waals surface area (Å²) in [4.78, 5) is 25.0. The van der Waals surface area contributed by atoms with E-state index in [1.54, 1.807) is 12.1 Å². The van der Waals surface area contributed by atoms with Crippen molar-refractivity contribution in [1.29, 1.82) is 0 Å². The molecule has 0 saturated carbocycles. The van der Waals surface area contributed by atoms with Crippen LogP contribution >= 0.6 is 0 Å². The number of hydrogen-bond acceptors (Lipinski definition) is 4. The van der Waals surface area contributed by atoms with Gasteiger partial charge >= 0.3 is 0 Å². The molecule has 2 N–H and O–H groups in total. The number of aliphatic hydroxyl groups excluding tert-OH is 1. The molecule has 1 aliphatic rings. The van der Waals surface area contributed by atoms with Crippen LogP contribution in [0.3, 0.4) is 0 Å². The lowest BCUT2D eigenvalue weighted by Gasteiger charge is -2.58. The van der Waals surface area contributed by atoms with Gasteiger partial charge in [0.25, 0.3) is 5.91 Å². The van der Waals surface area contributed by atoms with Crippen LogP contribution in [-0.2, 0) is 9.59 Å². The number of nitrogens with zero attached hydrogens (tertiary/aromatic N) is 1. The van der Waals surface area contributed by atoms with Crippen molar-refractivity contribution >= 4 is 20.0 Å². The molecule has 2 atom stereocenters. The molecule has 0 radical (unpaired) electrons. The minimum absolute atomic E-state index is 0.00175. The number of para-hydroxylation sites is 1. The SMILES string of the molecule is CC(C)(C)[Si](C)(C)N1C(=O)[C@@H](NC(=O)COc2ccccc2)[C@H]1CCO. The summed E-state index contributed by atoms with van der Waals surface area (Å²) < 4.78 is 7.38. The van der Waals surface area contributed by atoms with Crippen LogP contribution in [0.1, 0.15) is 27.2 Å².